The van der Waals surface area contributed by atoms with Gasteiger partial charge in [-0.3, -0.25) is 4.79 Å². The van der Waals surface area contributed by atoms with Gasteiger partial charge in [0.05, 0.1) is 16.7 Å². The minimum Gasteiger partial charge on any atom is -0.325 e. The Kier molecular flexibility index (Phi) is 5.62. The van der Waals surface area contributed by atoms with Crippen LogP contribution < -0.4 is 5.32 Å². The number of fused-ring (bicyclic) bond motifs is 2. The number of carbonyl (C=O) groups is 2. The van der Waals surface area contributed by atoms with Crippen LogP contribution in [0.4, 0.5) is 5.69 Å². The van der Waals surface area contributed by atoms with E-state index < -0.39 is 11.4 Å². The molecule has 32 heavy (non-hydrogen) atoms. The summed E-state index contributed by atoms with van der Waals surface area (Å²) in [5, 5.41) is 8.48. The monoisotopic (exact) mass is 472 g/mol. The summed E-state index contributed by atoms with van der Waals surface area (Å²) in [5.74, 6) is -0.600. The maximum atomic E-state index is 13.6. The number of nitrogens with zero attached hydrogens (tertiary/aromatic N) is 1. The van der Waals surface area contributed by atoms with Crippen molar-refractivity contribution in [1.29, 1.82) is 0 Å². The van der Waals surface area contributed by atoms with Gasteiger partial charge in [-0.05, 0) is 67.1 Å². The highest BCUT2D eigenvalue weighted by Gasteiger charge is 2.71. The van der Waals surface area contributed by atoms with Gasteiger partial charge in [0.25, 0.3) is 0 Å². The van der Waals surface area contributed by atoms with E-state index in [2.05, 4.69) is 31.2 Å². The Hall–Kier alpha value is -2.37. The molecule has 0 aliphatic heterocycles. The van der Waals surface area contributed by atoms with Crippen LogP contribution in [0.3, 0.4) is 0 Å². The molecular formula is C25H26Cl2N2O3. The standard InChI is InChI=1S/C25H26Cl2N2O3/c1-15-5-8-18(27)13-19(15)28-22(31)25-12-11-24(4,23(25,2)3)20(14-25)29-32-21(30)16-6-9-17(26)10-7-16/h5-10,13H,11-12,14H2,1-4H3,(H,28,31)/b29-20-. The zero-order chi connectivity index (χ0) is 23.3. The van der Waals surface area contributed by atoms with Crippen molar-refractivity contribution in [3.63, 3.8) is 0 Å². The van der Waals surface area contributed by atoms with Crippen LogP contribution in [-0.2, 0) is 9.63 Å². The minimum atomic E-state index is -0.651. The Morgan fingerprint density at radius 1 is 1.00 bits per heavy atom. The molecule has 1 amide bonds. The van der Waals surface area contributed by atoms with Crippen molar-refractivity contribution < 1.29 is 14.4 Å². The van der Waals surface area contributed by atoms with Crippen LogP contribution in [0.1, 0.15) is 56.0 Å². The summed E-state index contributed by atoms with van der Waals surface area (Å²) in [6.07, 6.45) is 1.97. The van der Waals surface area contributed by atoms with Crippen molar-refractivity contribution in [1.82, 2.24) is 0 Å². The van der Waals surface area contributed by atoms with Crippen molar-refractivity contribution in [3.8, 4) is 0 Å². The second-order valence-electron chi connectivity index (χ2n) is 9.55. The van der Waals surface area contributed by atoms with E-state index in [0.29, 0.717) is 27.7 Å². The van der Waals surface area contributed by atoms with Crippen LogP contribution in [-0.4, -0.2) is 17.6 Å². The van der Waals surface area contributed by atoms with Gasteiger partial charge in [0.15, 0.2) is 0 Å². The number of nitrogens with one attached hydrogen (secondary N) is 1. The van der Waals surface area contributed by atoms with Gasteiger partial charge in [0.1, 0.15) is 0 Å². The third kappa shape index (κ3) is 3.43. The highest BCUT2D eigenvalue weighted by molar-refractivity contribution is 6.31. The zero-order valence-corrected chi connectivity index (χ0v) is 20.1. The van der Waals surface area contributed by atoms with Crippen molar-refractivity contribution >= 4 is 46.5 Å². The maximum Gasteiger partial charge on any atom is 0.365 e. The molecule has 2 saturated carbocycles. The first kappa shape index (κ1) is 22.8. The molecule has 168 valence electrons. The van der Waals surface area contributed by atoms with Crippen molar-refractivity contribution in [2.75, 3.05) is 5.32 Å². The second kappa shape index (κ2) is 7.89. The minimum absolute atomic E-state index is 0.0502. The molecule has 2 bridgehead atoms. The quantitative estimate of drug-likeness (QED) is 0.398. The number of carbonyl (C=O) groups excluding carboxylic acids is 2. The lowest BCUT2D eigenvalue weighted by Crippen LogP contribution is -2.43. The topological polar surface area (TPSA) is 67.8 Å². The first-order valence-corrected chi connectivity index (χ1v) is 11.4. The zero-order valence-electron chi connectivity index (χ0n) is 18.6. The summed E-state index contributed by atoms with van der Waals surface area (Å²) in [7, 11) is 0. The van der Waals surface area contributed by atoms with E-state index in [-0.39, 0.29) is 16.7 Å². The molecule has 2 unspecified atom stereocenters. The van der Waals surface area contributed by atoms with Crippen LogP contribution in [0, 0.1) is 23.2 Å². The summed E-state index contributed by atoms with van der Waals surface area (Å²) < 4.78 is 0. The number of aryl methyl sites for hydroxylation is 1. The van der Waals surface area contributed by atoms with Crippen LogP contribution in [0.25, 0.3) is 0 Å². The maximum absolute atomic E-state index is 13.6. The fourth-order valence-corrected chi connectivity index (χ4v) is 5.53. The second-order valence-corrected chi connectivity index (χ2v) is 10.4. The molecule has 2 aromatic carbocycles. The lowest BCUT2D eigenvalue weighted by atomic mass is 9.64. The summed E-state index contributed by atoms with van der Waals surface area (Å²) in [6.45, 7) is 8.25. The van der Waals surface area contributed by atoms with Crippen LogP contribution in [0.5, 0.6) is 0 Å². The van der Waals surface area contributed by atoms with Crippen LogP contribution >= 0.6 is 23.2 Å². The van der Waals surface area contributed by atoms with Gasteiger partial charge in [-0.15, -0.1) is 0 Å². The number of anilines is 1. The third-order valence-corrected chi connectivity index (χ3v) is 8.42. The Morgan fingerprint density at radius 2 is 1.66 bits per heavy atom. The molecular weight excluding hydrogens is 447 g/mol. The van der Waals surface area contributed by atoms with E-state index in [9.17, 15) is 9.59 Å². The number of oxime groups is 1. The normalized spacial score (nSPS) is 26.9. The summed E-state index contributed by atoms with van der Waals surface area (Å²) in [4.78, 5) is 31.4. The van der Waals surface area contributed by atoms with Gasteiger partial charge < -0.3 is 10.2 Å². The van der Waals surface area contributed by atoms with Gasteiger partial charge in [-0.2, -0.15) is 0 Å². The van der Waals surface area contributed by atoms with Gasteiger partial charge >= 0.3 is 5.97 Å². The molecule has 0 radical (unpaired) electrons. The molecule has 2 atom stereocenters. The molecule has 5 nitrogen and oxygen atoms in total. The van der Waals surface area contributed by atoms with E-state index in [1.54, 1.807) is 36.4 Å². The van der Waals surface area contributed by atoms with Crippen molar-refractivity contribution in [3.05, 3.63) is 63.6 Å². The first-order valence-electron chi connectivity index (χ1n) is 10.6. The third-order valence-electron chi connectivity index (χ3n) is 7.93. The lowest BCUT2D eigenvalue weighted by molar-refractivity contribution is -0.130. The molecule has 2 fully saturated rings. The Balaban J connectivity index is 1.60. The molecule has 7 heteroatoms. The molecule has 0 heterocycles. The Labute approximate surface area is 198 Å². The van der Waals surface area contributed by atoms with E-state index in [4.69, 9.17) is 28.0 Å². The molecule has 2 aliphatic carbocycles. The Bertz CT molecular complexity index is 1130. The van der Waals surface area contributed by atoms with E-state index >= 15 is 0 Å². The van der Waals surface area contributed by atoms with Gasteiger partial charge in [0, 0.05) is 27.6 Å². The summed E-state index contributed by atoms with van der Waals surface area (Å²) >= 11 is 12.0. The SMILES string of the molecule is Cc1ccc(Cl)cc1NC(=O)C12CCC(C)(/C(=N\OC(=O)c3ccc(Cl)cc3)C1)C2(C)C. The summed E-state index contributed by atoms with van der Waals surface area (Å²) in [5.41, 5.74) is 1.39. The van der Waals surface area contributed by atoms with E-state index in [0.717, 1.165) is 24.1 Å². The van der Waals surface area contributed by atoms with Gasteiger partial charge in [-0.25, -0.2) is 4.79 Å². The average molecular weight is 473 g/mol. The molecule has 4 rings (SSSR count). The molecule has 0 spiro atoms. The number of amides is 1. The molecule has 0 aromatic heterocycles. The van der Waals surface area contributed by atoms with Gasteiger partial charge in [0.2, 0.25) is 5.91 Å². The highest BCUT2D eigenvalue weighted by Crippen LogP contribution is 2.71. The predicted octanol–water partition coefficient (Wildman–Crippen LogP) is 6.67. The lowest BCUT2D eigenvalue weighted by Gasteiger charge is -2.39. The average Bonchev–Trinajstić information content (AvgIpc) is 3.05. The highest BCUT2D eigenvalue weighted by atomic mass is 35.5. The van der Waals surface area contributed by atoms with Crippen molar-refractivity contribution in [2.24, 2.45) is 21.4 Å². The number of hydrogen-bond donors (Lipinski definition) is 1. The predicted molar refractivity (Wildman–Crippen MR) is 127 cm³/mol. The fourth-order valence-electron chi connectivity index (χ4n) is 5.23. The molecule has 1 N–H and O–H groups in total. The Morgan fingerprint density at radius 3 is 2.34 bits per heavy atom. The first-order chi connectivity index (χ1) is 15.0. The van der Waals surface area contributed by atoms with E-state index in [1.165, 1.54) is 0 Å². The molecule has 2 aromatic rings. The van der Waals surface area contributed by atoms with Gasteiger partial charge in [-0.1, -0.05) is 55.2 Å². The number of benzene rings is 2. The van der Waals surface area contributed by atoms with E-state index in [1.807, 2.05) is 13.0 Å². The number of halogens is 2. The molecule has 2 aliphatic rings. The largest absolute Gasteiger partial charge is 0.365 e. The number of hydrogen-bond acceptors (Lipinski definition) is 4. The van der Waals surface area contributed by atoms with Crippen LogP contribution in [0.15, 0.2) is 47.6 Å². The molecule has 0 saturated heterocycles. The fraction of sp³-hybridized carbons (Fsp3) is 0.400. The van der Waals surface area contributed by atoms with Crippen LogP contribution in [0.2, 0.25) is 10.0 Å². The van der Waals surface area contributed by atoms with Crippen molar-refractivity contribution in [2.45, 2.75) is 47.0 Å². The number of rotatable bonds is 4. The smallest absolute Gasteiger partial charge is 0.325 e. The summed E-state index contributed by atoms with van der Waals surface area (Å²) in [6, 6.07) is 11.9.